The molecule has 0 aliphatic heterocycles. The monoisotopic (exact) mass is 244 g/mol. The molecular weight excluding hydrogens is 216 g/mol. The molecule has 3 N–H and O–H groups in total. The van der Waals surface area contributed by atoms with E-state index in [1.165, 1.54) is 0 Å². The van der Waals surface area contributed by atoms with Crippen LogP contribution in [-0.2, 0) is 0 Å². The minimum atomic E-state index is -1.26. The molecule has 0 aliphatic rings. The van der Waals surface area contributed by atoms with E-state index in [9.17, 15) is 15.3 Å². The number of rotatable bonds is 6. The molecule has 0 aromatic rings. The van der Waals surface area contributed by atoms with Crippen molar-refractivity contribution in [2.24, 2.45) is 10.8 Å². The summed E-state index contributed by atoms with van der Waals surface area (Å²) in [5.74, 6) is 0. The van der Waals surface area contributed by atoms with Crippen LogP contribution in [0.1, 0.15) is 48.0 Å². The first-order chi connectivity index (χ1) is 7.37. The van der Waals surface area contributed by atoms with E-state index >= 15 is 0 Å². The van der Waals surface area contributed by atoms with E-state index in [2.05, 4.69) is 6.58 Å². The number of hydrogen-bond donors (Lipinski definition) is 3. The van der Waals surface area contributed by atoms with E-state index in [1.807, 2.05) is 27.7 Å². The molecule has 0 aromatic heterocycles. The van der Waals surface area contributed by atoms with Crippen LogP contribution in [0.25, 0.3) is 0 Å². The van der Waals surface area contributed by atoms with Crippen LogP contribution < -0.4 is 0 Å². The third-order valence-electron chi connectivity index (χ3n) is 5.11. The Balaban J connectivity index is 5.51. The molecule has 0 saturated heterocycles. The van der Waals surface area contributed by atoms with Gasteiger partial charge >= 0.3 is 0 Å². The van der Waals surface area contributed by atoms with E-state index in [4.69, 9.17) is 0 Å². The van der Waals surface area contributed by atoms with Crippen LogP contribution in [0.2, 0.25) is 0 Å². The molecule has 2 unspecified atom stereocenters. The van der Waals surface area contributed by atoms with Gasteiger partial charge < -0.3 is 15.3 Å². The minimum Gasteiger partial charge on any atom is -0.393 e. The summed E-state index contributed by atoms with van der Waals surface area (Å²) >= 11 is 0. The quantitative estimate of drug-likeness (QED) is 0.627. The van der Waals surface area contributed by atoms with Gasteiger partial charge in [0.15, 0.2) is 0 Å². The van der Waals surface area contributed by atoms with Crippen molar-refractivity contribution in [2.75, 3.05) is 6.61 Å². The first-order valence-corrected chi connectivity index (χ1v) is 6.04. The Morgan fingerprint density at radius 2 is 1.24 bits per heavy atom. The summed E-state index contributed by atoms with van der Waals surface area (Å²) in [7, 11) is 0. The second kappa shape index (κ2) is 4.71. The Hall–Kier alpha value is -0.380. The lowest BCUT2D eigenvalue weighted by molar-refractivity contribution is -0.198. The molecule has 0 aliphatic carbocycles. The number of hydrogen-bond acceptors (Lipinski definition) is 3. The highest BCUT2D eigenvalue weighted by Gasteiger charge is 2.56. The molecule has 102 valence electrons. The third kappa shape index (κ3) is 2.56. The van der Waals surface area contributed by atoms with Crippen molar-refractivity contribution >= 4 is 0 Å². The highest BCUT2D eigenvalue weighted by atomic mass is 16.3. The molecular formula is C14H28O3. The van der Waals surface area contributed by atoms with Crippen molar-refractivity contribution in [1.29, 1.82) is 0 Å². The fourth-order valence-corrected chi connectivity index (χ4v) is 2.08. The molecule has 0 aromatic carbocycles. The molecule has 0 fully saturated rings. The summed E-state index contributed by atoms with van der Waals surface area (Å²) < 4.78 is 0. The molecule has 0 heterocycles. The van der Waals surface area contributed by atoms with Gasteiger partial charge in [0.25, 0.3) is 0 Å². The zero-order valence-electron chi connectivity index (χ0n) is 12.0. The summed E-state index contributed by atoms with van der Waals surface area (Å²) in [6, 6.07) is 0. The maximum atomic E-state index is 10.6. The molecule has 3 heteroatoms. The minimum absolute atomic E-state index is 0.340. The van der Waals surface area contributed by atoms with Crippen LogP contribution >= 0.6 is 0 Å². The molecule has 0 bridgehead atoms. The van der Waals surface area contributed by atoms with E-state index in [1.54, 1.807) is 19.9 Å². The summed E-state index contributed by atoms with van der Waals surface area (Å²) in [5, 5.41) is 30.2. The van der Waals surface area contributed by atoms with Crippen LogP contribution in [0.5, 0.6) is 0 Å². The normalized spacial score (nSPS) is 20.5. The second-order valence-electron chi connectivity index (χ2n) is 6.45. The SMILES string of the molecule is C=CCC(C)(O)C(C)(C)C(C)(C)C(C)(O)CO. The van der Waals surface area contributed by atoms with Gasteiger partial charge in [-0.3, -0.25) is 0 Å². The topological polar surface area (TPSA) is 60.7 Å². The summed E-state index contributed by atoms with van der Waals surface area (Å²) in [5.41, 5.74) is -3.53. The second-order valence-corrected chi connectivity index (χ2v) is 6.45. The lowest BCUT2D eigenvalue weighted by Crippen LogP contribution is -2.60. The van der Waals surface area contributed by atoms with E-state index in [0.717, 1.165) is 0 Å². The van der Waals surface area contributed by atoms with E-state index in [-0.39, 0.29) is 6.61 Å². The average molecular weight is 244 g/mol. The molecule has 3 nitrogen and oxygen atoms in total. The lowest BCUT2D eigenvalue weighted by Gasteiger charge is -2.56. The predicted octanol–water partition coefficient (Wildman–Crippen LogP) is 2.11. The van der Waals surface area contributed by atoms with E-state index in [0.29, 0.717) is 6.42 Å². The molecule has 0 rings (SSSR count). The van der Waals surface area contributed by atoms with Crippen LogP contribution in [0.4, 0.5) is 0 Å². The fourth-order valence-electron chi connectivity index (χ4n) is 2.08. The Morgan fingerprint density at radius 1 is 0.882 bits per heavy atom. The fraction of sp³-hybridized carbons (Fsp3) is 0.857. The maximum absolute atomic E-state index is 10.6. The first-order valence-electron chi connectivity index (χ1n) is 6.04. The van der Waals surface area contributed by atoms with Crippen molar-refractivity contribution in [1.82, 2.24) is 0 Å². The smallest absolute Gasteiger partial charge is 0.0906 e. The van der Waals surface area contributed by atoms with Crippen molar-refractivity contribution in [3.63, 3.8) is 0 Å². The van der Waals surface area contributed by atoms with Crippen LogP contribution in [0, 0.1) is 10.8 Å². The molecule has 0 saturated carbocycles. The summed E-state index contributed by atoms with van der Waals surface area (Å²) in [4.78, 5) is 0. The third-order valence-corrected chi connectivity index (χ3v) is 5.11. The Labute approximate surface area is 105 Å². The van der Waals surface area contributed by atoms with Gasteiger partial charge in [-0.1, -0.05) is 33.8 Å². The van der Waals surface area contributed by atoms with Crippen molar-refractivity contribution in [2.45, 2.75) is 59.2 Å². The Morgan fingerprint density at radius 3 is 1.53 bits per heavy atom. The summed E-state index contributed by atoms with van der Waals surface area (Å²) in [6.45, 7) is 14.2. The van der Waals surface area contributed by atoms with Gasteiger partial charge in [0, 0.05) is 10.8 Å². The van der Waals surface area contributed by atoms with Crippen molar-refractivity contribution in [3.8, 4) is 0 Å². The van der Waals surface area contributed by atoms with E-state index < -0.39 is 22.0 Å². The number of aliphatic hydroxyl groups is 3. The van der Waals surface area contributed by atoms with Crippen molar-refractivity contribution < 1.29 is 15.3 Å². The van der Waals surface area contributed by atoms with Crippen molar-refractivity contribution in [3.05, 3.63) is 12.7 Å². The Kier molecular flexibility index (Phi) is 4.61. The lowest BCUT2D eigenvalue weighted by atomic mass is 9.53. The summed E-state index contributed by atoms with van der Waals surface area (Å²) in [6.07, 6.45) is 2.11. The van der Waals surface area contributed by atoms with Gasteiger partial charge in [0.1, 0.15) is 0 Å². The molecule has 0 amide bonds. The predicted molar refractivity (Wildman–Crippen MR) is 70.7 cm³/mol. The molecule has 0 radical (unpaired) electrons. The van der Waals surface area contributed by atoms with Crippen LogP contribution in [0.15, 0.2) is 12.7 Å². The maximum Gasteiger partial charge on any atom is 0.0906 e. The standard InChI is InChI=1S/C14H28O3/c1-8-9-13(6,16)11(2,3)12(4,5)14(7,17)10-15/h8,15-17H,1,9-10H2,2-7H3. The highest BCUT2D eigenvalue weighted by molar-refractivity contribution is 5.07. The Bertz CT molecular complexity index is 275. The number of aliphatic hydroxyl groups excluding tert-OH is 1. The molecule has 2 atom stereocenters. The first kappa shape index (κ1) is 16.6. The van der Waals surface area contributed by atoms with Gasteiger partial charge in [-0.25, -0.2) is 0 Å². The average Bonchev–Trinajstić information content (AvgIpc) is 2.16. The van der Waals surface area contributed by atoms with Gasteiger partial charge in [-0.15, -0.1) is 6.58 Å². The molecule has 0 spiro atoms. The van der Waals surface area contributed by atoms with Crippen LogP contribution in [0.3, 0.4) is 0 Å². The zero-order valence-corrected chi connectivity index (χ0v) is 12.0. The largest absolute Gasteiger partial charge is 0.393 e. The van der Waals surface area contributed by atoms with Gasteiger partial charge in [-0.2, -0.15) is 0 Å². The molecule has 17 heavy (non-hydrogen) atoms. The highest BCUT2D eigenvalue weighted by Crippen LogP contribution is 2.53. The zero-order chi connectivity index (χ0) is 14.1. The van der Waals surface area contributed by atoms with Gasteiger partial charge in [0.2, 0.25) is 0 Å². The van der Waals surface area contributed by atoms with Gasteiger partial charge in [0.05, 0.1) is 17.8 Å². The van der Waals surface area contributed by atoms with Gasteiger partial charge in [-0.05, 0) is 20.3 Å². The van der Waals surface area contributed by atoms with Crippen LogP contribution in [-0.4, -0.2) is 33.1 Å².